The highest BCUT2D eigenvalue weighted by Crippen LogP contribution is 2.48. The lowest BCUT2D eigenvalue weighted by molar-refractivity contribution is -0.127. The van der Waals surface area contributed by atoms with E-state index in [1.165, 1.54) is 0 Å². The van der Waals surface area contributed by atoms with E-state index < -0.39 is 13.4 Å². The maximum Gasteiger partial charge on any atom is 0.340 e. The van der Waals surface area contributed by atoms with Crippen LogP contribution in [0.2, 0.25) is 5.02 Å². The van der Waals surface area contributed by atoms with Crippen molar-refractivity contribution in [2.45, 2.75) is 57.5 Å². The minimum Gasteiger partial charge on any atom is -0.461 e. The summed E-state index contributed by atoms with van der Waals surface area (Å²) in [7, 11) is -1.68. The molecule has 5 heterocycles. The number of benzene rings is 2. The number of hydrogen-bond donors (Lipinski definition) is 0. The fourth-order valence-corrected chi connectivity index (χ4v) is 9.80. The number of anilines is 1. The quantitative estimate of drug-likeness (QED) is 0.142. The monoisotopic (exact) mass is 724 g/mol. The number of rotatable bonds is 12. The summed E-state index contributed by atoms with van der Waals surface area (Å²) in [5.41, 5.74) is 0.743. The molecule has 0 saturated carbocycles. The van der Waals surface area contributed by atoms with Gasteiger partial charge in [0.1, 0.15) is 29.8 Å². The SMILES string of the molecule is CCOP(=O)(CC(=O)N1CC[C@@H](N(C)c2nc(OCC34CCCN3CCC4)nc3c(F)c(-c4cccc5cccc(Cl)c45)ncc23)C1)OCC. The molecular formula is C36H43ClFN6O5P. The molecule has 0 radical (unpaired) electrons. The average molecular weight is 725 g/mol. The molecule has 0 aliphatic carbocycles. The van der Waals surface area contributed by atoms with Gasteiger partial charge in [0.2, 0.25) is 5.91 Å². The number of halogens is 2. The van der Waals surface area contributed by atoms with E-state index in [1.807, 2.05) is 42.3 Å². The normalized spacial score (nSPS) is 19.1. The number of amides is 1. The van der Waals surface area contributed by atoms with Crippen LogP contribution in [-0.4, -0.2) is 101 Å². The molecule has 7 rings (SSSR count). The van der Waals surface area contributed by atoms with E-state index in [9.17, 15) is 9.36 Å². The van der Waals surface area contributed by atoms with Gasteiger partial charge in [-0.1, -0.05) is 41.9 Å². The van der Waals surface area contributed by atoms with Gasteiger partial charge in [0.15, 0.2) is 5.82 Å². The van der Waals surface area contributed by atoms with Gasteiger partial charge in [0.05, 0.1) is 24.1 Å². The Morgan fingerprint density at radius 3 is 2.52 bits per heavy atom. The number of carbonyl (C=O) groups excluding carboxylic acids is 1. The maximum atomic E-state index is 16.8. The van der Waals surface area contributed by atoms with Gasteiger partial charge in [0.25, 0.3) is 0 Å². The highest BCUT2D eigenvalue weighted by molar-refractivity contribution is 7.54. The molecule has 14 heteroatoms. The number of hydrogen-bond acceptors (Lipinski definition) is 10. The van der Waals surface area contributed by atoms with Crippen molar-refractivity contribution in [1.82, 2.24) is 24.8 Å². The Labute approximate surface area is 296 Å². The fourth-order valence-electron chi connectivity index (χ4n) is 7.94. The number of ether oxygens (including phenoxy) is 1. The van der Waals surface area contributed by atoms with Crippen LogP contribution in [0.25, 0.3) is 32.9 Å². The van der Waals surface area contributed by atoms with Crippen molar-refractivity contribution in [2.75, 3.05) is 64.1 Å². The number of fused-ring (bicyclic) bond motifs is 3. The van der Waals surface area contributed by atoms with Crippen LogP contribution >= 0.6 is 19.2 Å². The second-order valence-corrected chi connectivity index (χ2v) is 15.8. The van der Waals surface area contributed by atoms with Crippen molar-refractivity contribution in [3.8, 4) is 17.3 Å². The largest absolute Gasteiger partial charge is 0.461 e. The molecular weight excluding hydrogens is 682 g/mol. The van der Waals surface area contributed by atoms with Crippen molar-refractivity contribution >= 4 is 52.6 Å². The molecule has 3 fully saturated rings. The number of carbonyl (C=O) groups is 1. The Hall–Kier alpha value is -3.41. The van der Waals surface area contributed by atoms with Crippen LogP contribution in [0.15, 0.2) is 42.6 Å². The summed E-state index contributed by atoms with van der Waals surface area (Å²) in [6.07, 6.45) is 6.23. The Bertz CT molecular complexity index is 1940. The summed E-state index contributed by atoms with van der Waals surface area (Å²) < 4.78 is 47.0. The Balaban J connectivity index is 1.24. The zero-order chi connectivity index (χ0) is 35.0. The van der Waals surface area contributed by atoms with Crippen LogP contribution in [0.3, 0.4) is 0 Å². The fraction of sp³-hybridized carbons (Fsp3) is 0.500. The first-order chi connectivity index (χ1) is 24.1. The molecule has 3 saturated heterocycles. The summed E-state index contributed by atoms with van der Waals surface area (Å²) in [6, 6.07) is 11.1. The van der Waals surface area contributed by atoms with E-state index in [1.54, 1.807) is 31.0 Å². The standard InChI is InChI=1S/C36H43ClFN6O5P/c1-4-48-50(46,49-5-2)22-29(45)43-19-14-25(21-43)42(3)34-27-20-39-32(26-12-6-10-24-11-7-13-28(37)30(24)26)31(38)33(27)40-35(41-34)47-23-36-15-8-17-44(36)18-9-16-36/h6-7,10-13,20,25H,4-5,8-9,14-19,21-23H2,1-3H3/t25-/m1/s1. The Morgan fingerprint density at radius 1 is 1.08 bits per heavy atom. The van der Waals surface area contributed by atoms with Crippen LogP contribution < -0.4 is 9.64 Å². The van der Waals surface area contributed by atoms with Crippen LogP contribution in [-0.2, 0) is 18.4 Å². The lowest BCUT2D eigenvalue weighted by Crippen LogP contribution is -2.43. The zero-order valence-electron chi connectivity index (χ0n) is 28.7. The molecule has 266 valence electrons. The Morgan fingerprint density at radius 2 is 1.80 bits per heavy atom. The van der Waals surface area contributed by atoms with Gasteiger partial charge in [-0.3, -0.25) is 19.2 Å². The van der Waals surface area contributed by atoms with Gasteiger partial charge in [-0.15, -0.1) is 0 Å². The van der Waals surface area contributed by atoms with Gasteiger partial charge < -0.3 is 23.6 Å². The van der Waals surface area contributed by atoms with E-state index in [4.69, 9.17) is 30.4 Å². The van der Waals surface area contributed by atoms with Crippen molar-refractivity contribution in [3.05, 3.63) is 53.4 Å². The molecule has 2 aromatic carbocycles. The second kappa shape index (κ2) is 14.3. The van der Waals surface area contributed by atoms with E-state index in [0.717, 1.165) is 44.2 Å². The molecule has 0 bridgehead atoms. The summed E-state index contributed by atoms with van der Waals surface area (Å²) >= 11 is 6.63. The molecule has 3 aliphatic rings. The van der Waals surface area contributed by atoms with Crippen molar-refractivity contribution in [2.24, 2.45) is 0 Å². The molecule has 50 heavy (non-hydrogen) atoms. The molecule has 0 N–H and O–H groups in total. The number of likely N-dealkylation sites (N-methyl/N-ethyl adjacent to an activating group) is 1. The summed E-state index contributed by atoms with van der Waals surface area (Å²) in [6.45, 7) is 7.13. The first-order valence-electron chi connectivity index (χ1n) is 17.5. The Kier molecular flexibility index (Phi) is 10.0. The number of aromatic nitrogens is 3. The summed E-state index contributed by atoms with van der Waals surface area (Å²) in [5, 5.41) is 2.51. The van der Waals surface area contributed by atoms with Gasteiger partial charge >= 0.3 is 13.6 Å². The third-order valence-corrected chi connectivity index (χ3v) is 12.7. The lowest BCUT2D eigenvalue weighted by atomic mass is 9.95. The van der Waals surface area contributed by atoms with Crippen LogP contribution in [0.4, 0.5) is 10.2 Å². The van der Waals surface area contributed by atoms with Crippen molar-refractivity contribution in [1.29, 1.82) is 0 Å². The predicted molar refractivity (Wildman–Crippen MR) is 193 cm³/mol. The number of nitrogens with zero attached hydrogens (tertiary/aromatic N) is 6. The number of pyridine rings is 1. The molecule has 3 aliphatic heterocycles. The minimum atomic E-state index is -3.55. The van der Waals surface area contributed by atoms with Crippen LogP contribution in [0.5, 0.6) is 6.01 Å². The van der Waals surface area contributed by atoms with Gasteiger partial charge in [-0.25, -0.2) is 4.39 Å². The first-order valence-corrected chi connectivity index (χ1v) is 19.6. The second-order valence-electron chi connectivity index (χ2n) is 13.4. The molecule has 1 amide bonds. The van der Waals surface area contributed by atoms with Gasteiger partial charge in [-0.05, 0) is 70.5 Å². The molecule has 11 nitrogen and oxygen atoms in total. The van der Waals surface area contributed by atoms with Gasteiger partial charge in [0, 0.05) is 48.3 Å². The maximum absolute atomic E-state index is 16.8. The zero-order valence-corrected chi connectivity index (χ0v) is 30.4. The van der Waals surface area contributed by atoms with E-state index in [0.29, 0.717) is 53.3 Å². The topological polar surface area (TPSA) is 110 Å². The molecule has 2 aromatic heterocycles. The molecule has 4 aromatic rings. The summed E-state index contributed by atoms with van der Waals surface area (Å²) in [5.74, 6) is -0.436. The average Bonchev–Trinajstić information content (AvgIpc) is 3.84. The third kappa shape index (κ3) is 6.57. The molecule has 1 atom stereocenters. The van der Waals surface area contributed by atoms with E-state index in [-0.39, 0.29) is 54.1 Å². The first kappa shape index (κ1) is 35.0. The van der Waals surface area contributed by atoms with Crippen molar-refractivity contribution in [3.63, 3.8) is 0 Å². The highest BCUT2D eigenvalue weighted by Gasteiger charge is 2.45. The molecule has 0 spiro atoms. The van der Waals surface area contributed by atoms with E-state index >= 15 is 4.39 Å². The lowest BCUT2D eigenvalue weighted by Gasteiger charge is -2.31. The van der Waals surface area contributed by atoms with Crippen LogP contribution in [0, 0.1) is 5.82 Å². The van der Waals surface area contributed by atoms with Gasteiger partial charge in [-0.2, -0.15) is 9.97 Å². The third-order valence-electron chi connectivity index (χ3n) is 10.4. The smallest absolute Gasteiger partial charge is 0.340 e. The summed E-state index contributed by atoms with van der Waals surface area (Å²) in [4.78, 5) is 33.5. The van der Waals surface area contributed by atoms with E-state index in [2.05, 4.69) is 14.9 Å². The van der Waals surface area contributed by atoms with Crippen molar-refractivity contribution < 1.29 is 27.5 Å². The minimum absolute atomic E-state index is 0.0548. The van der Waals surface area contributed by atoms with Crippen LogP contribution in [0.1, 0.15) is 46.0 Å². The highest BCUT2D eigenvalue weighted by atomic mass is 35.5. The number of likely N-dealkylation sites (tertiary alicyclic amines) is 1. The predicted octanol–water partition coefficient (Wildman–Crippen LogP) is 6.95. The molecule has 0 unspecified atom stereocenters.